The van der Waals surface area contributed by atoms with Crippen LogP contribution >= 0.6 is 11.6 Å². The van der Waals surface area contributed by atoms with Gasteiger partial charge in [0, 0.05) is 12.2 Å². The van der Waals surface area contributed by atoms with Crippen LogP contribution in [-0.4, -0.2) is 6.54 Å². The van der Waals surface area contributed by atoms with Gasteiger partial charge in [0.1, 0.15) is 0 Å². The van der Waals surface area contributed by atoms with Gasteiger partial charge in [0.25, 0.3) is 0 Å². The molecule has 0 aliphatic carbocycles. The molecular formula is C11H11ClF3N. The second kappa shape index (κ2) is 4.78. The first kappa shape index (κ1) is 12.9. The van der Waals surface area contributed by atoms with E-state index in [9.17, 15) is 13.2 Å². The van der Waals surface area contributed by atoms with Gasteiger partial charge in [0.15, 0.2) is 0 Å². The van der Waals surface area contributed by atoms with Gasteiger partial charge in [-0.2, -0.15) is 13.2 Å². The fourth-order valence-corrected chi connectivity index (χ4v) is 1.33. The topological polar surface area (TPSA) is 12.0 Å². The van der Waals surface area contributed by atoms with E-state index in [0.29, 0.717) is 12.2 Å². The van der Waals surface area contributed by atoms with Gasteiger partial charge >= 0.3 is 6.18 Å². The highest BCUT2D eigenvalue weighted by Crippen LogP contribution is 2.36. The summed E-state index contributed by atoms with van der Waals surface area (Å²) >= 11 is 5.48. The number of hydrogen-bond donors (Lipinski definition) is 1. The van der Waals surface area contributed by atoms with E-state index in [4.69, 9.17) is 11.6 Å². The van der Waals surface area contributed by atoms with Crippen LogP contribution in [0.1, 0.15) is 12.5 Å². The zero-order chi connectivity index (χ0) is 12.3. The van der Waals surface area contributed by atoms with Gasteiger partial charge in [-0.1, -0.05) is 23.8 Å². The van der Waals surface area contributed by atoms with Crippen molar-refractivity contribution in [1.82, 2.24) is 0 Å². The quantitative estimate of drug-likeness (QED) is 0.786. The van der Waals surface area contributed by atoms with Crippen molar-refractivity contribution < 1.29 is 13.2 Å². The Labute approximate surface area is 96.9 Å². The molecule has 0 unspecified atom stereocenters. The molecule has 1 N–H and O–H groups in total. The maximum absolute atomic E-state index is 12.5. The Morgan fingerprint density at radius 2 is 2.06 bits per heavy atom. The van der Waals surface area contributed by atoms with Crippen LogP contribution in [0.3, 0.4) is 0 Å². The lowest BCUT2D eigenvalue weighted by Crippen LogP contribution is -2.08. The number of alkyl halides is 3. The molecule has 0 fully saturated rings. The molecule has 16 heavy (non-hydrogen) atoms. The van der Waals surface area contributed by atoms with E-state index in [-0.39, 0.29) is 5.02 Å². The second-order valence-electron chi connectivity index (χ2n) is 3.50. The molecule has 0 heterocycles. The van der Waals surface area contributed by atoms with Gasteiger partial charge in [0.2, 0.25) is 0 Å². The summed E-state index contributed by atoms with van der Waals surface area (Å²) in [5, 5.41) is 2.53. The molecule has 0 bridgehead atoms. The summed E-state index contributed by atoms with van der Waals surface area (Å²) in [5.74, 6) is 0. The van der Waals surface area contributed by atoms with E-state index >= 15 is 0 Å². The first-order valence-electron chi connectivity index (χ1n) is 4.55. The molecule has 0 amide bonds. The molecule has 1 aromatic carbocycles. The number of hydrogen-bond acceptors (Lipinski definition) is 1. The van der Waals surface area contributed by atoms with Crippen molar-refractivity contribution in [3.8, 4) is 0 Å². The smallest absolute Gasteiger partial charge is 0.381 e. The third-order valence-corrected chi connectivity index (χ3v) is 2.20. The van der Waals surface area contributed by atoms with Crippen molar-refractivity contribution in [3.63, 3.8) is 0 Å². The summed E-state index contributed by atoms with van der Waals surface area (Å²) in [6.07, 6.45) is -4.43. The Morgan fingerprint density at radius 3 is 2.56 bits per heavy atom. The van der Waals surface area contributed by atoms with Crippen LogP contribution in [0.4, 0.5) is 18.9 Å². The molecule has 5 heteroatoms. The van der Waals surface area contributed by atoms with E-state index < -0.39 is 11.7 Å². The van der Waals surface area contributed by atoms with Gasteiger partial charge in [-0.3, -0.25) is 0 Å². The fourth-order valence-electron chi connectivity index (χ4n) is 1.11. The van der Waals surface area contributed by atoms with Gasteiger partial charge in [-0.15, -0.1) is 0 Å². The van der Waals surface area contributed by atoms with E-state index in [0.717, 1.165) is 11.6 Å². The third kappa shape index (κ3) is 3.45. The van der Waals surface area contributed by atoms with E-state index in [1.807, 2.05) is 0 Å². The van der Waals surface area contributed by atoms with Crippen LogP contribution in [0, 0.1) is 0 Å². The lowest BCUT2D eigenvalue weighted by atomic mass is 10.2. The van der Waals surface area contributed by atoms with E-state index in [1.165, 1.54) is 12.1 Å². The minimum absolute atomic E-state index is 0.298. The Kier molecular flexibility index (Phi) is 3.86. The normalized spacial score (nSPS) is 11.3. The summed E-state index contributed by atoms with van der Waals surface area (Å²) in [6, 6.07) is 3.72. The molecule has 0 aliphatic heterocycles. The Morgan fingerprint density at radius 1 is 1.44 bits per heavy atom. The molecule has 1 rings (SSSR count). The molecule has 1 aromatic rings. The molecule has 88 valence electrons. The molecule has 0 saturated carbocycles. The molecule has 0 radical (unpaired) electrons. The van der Waals surface area contributed by atoms with Crippen LogP contribution in [0.15, 0.2) is 30.4 Å². The highest BCUT2D eigenvalue weighted by molar-refractivity contribution is 6.31. The highest BCUT2D eigenvalue weighted by Gasteiger charge is 2.33. The summed E-state index contributed by atoms with van der Waals surface area (Å²) in [5.41, 5.74) is 0.379. The van der Waals surface area contributed by atoms with Crippen molar-refractivity contribution in [3.05, 3.63) is 40.9 Å². The highest BCUT2D eigenvalue weighted by atomic mass is 35.5. The number of nitrogens with one attached hydrogen (secondary N) is 1. The van der Waals surface area contributed by atoms with Crippen molar-refractivity contribution in [1.29, 1.82) is 0 Å². The number of anilines is 1. The van der Waals surface area contributed by atoms with Crippen LogP contribution < -0.4 is 5.32 Å². The summed E-state index contributed by atoms with van der Waals surface area (Å²) < 4.78 is 37.5. The standard InChI is InChI=1S/C11H11ClF3N/c1-7(2)6-16-8-3-4-10(12)9(5-8)11(13,14)15/h3-5,16H,1,6H2,2H3. The fraction of sp³-hybridized carbons (Fsp3) is 0.273. The predicted molar refractivity (Wildman–Crippen MR) is 59.8 cm³/mol. The average Bonchev–Trinajstić information content (AvgIpc) is 2.14. The summed E-state index contributed by atoms with van der Waals surface area (Å²) in [4.78, 5) is 0. The molecule has 1 nitrogen and oxygen atoms in total. The number of halogens is 4. The third-order valence-electron chi connectivity index (χ3n) is 1.87. The minimum atomic E-state index is -4.43. The second-order valence-corrected chi connectivity index (χ2v) is 3.91. The first-order chi connectivity index (χ1) is 7.30. The maximum Gasteiger partial charge on any atom is 0.417 e. The van der Waals surface area contributed by atoms with E-state index in [2.05, 4.69) is 11.9 Å². The maximum atomic E-state index is 12.5. The Balaban J connectivity index is 2.94. The van der Waals surface area contributed by atoms with Crippen LogP contribution in [0.2, 0.25) is 5.02 Å². The zero-order valence-corrected chi connectivity index (χ0v) is 9.41. The number of rotatable bonds is 3. The largest absolute Gasteiger partial charge is 0.417 e. The van der Waals surface area contributed by atoms with Crippen molar-refractivity contribution in [2.75, 3.05) is 11.9 Å². The molecular weight excluding hydrogens is 239 g/mol. The number of benzene rings is 1. The van der Waals surface area contributed by atoms with Gasteiger partial charge in [-0.05, 0) is 25.1 Å². The minimum Gasteiger partial charge on any atom is -0.381 e. The van der Waals surface area contributed by atoms with Crippen molar-refractivity contribution >= 4 is 17.3 Å². The van der Waals surface area contributed by atoms with Gasteiger partial charge in [-0.25, -0.2) is 0 Å². The average molecular weight is 250 g/mol. The molecule has 0 aliphatic rings. The predicted octanol–water partition coefficient (Wildman–Crippen LogP) is 4.35. The molecule has 0 spiro atoms. The Bertz CT molecular complexity index is 399. The van der Waals surface area contributed by atoms with Crippen molar-refractivity contribution in [2.45, 2.75) is 13.1 Å². The molecule has 0 saturated heterocycles. The SMILES string of the molecule is C=C(C)CNc1ccc(Cl)c(C(F)(F)F)c1. The van der Waals surface area contributed by atoms with Crippen LogP contribution in [0.5, 0.6) is 0 Å². The zero-order valence-electron chi connectivity index (χ0n) is 8.66. The lowest BCUT2D eigenvalue weighted by Gasteiger charge is -2.12. The van der Waals surface area contributed by atoms with Gasteiger partial charge < -0.3 is 5.32 Å². The monoisotopic (exact) mass is 249 g/mol. The first-order valence-corrected chi connectivity index (χ1v) is 4.93. The Hall–Kier alpha value is -1.16. The van der Waals surface area contributed by atoms with Crippen LogP contribution in [0.25, 0.3) is 0 Å². The summed E-state index contributed by atoms with van der Waals surface area (Å²) in [6.45, 7) is 5.86. The van der Waals surface area contributed by atoms with Crippen LogP contribution in [-0.2, 0) is 6.18 Å². The lowest BCUT2D eigenvalue weighted by molar-refractivity contribution is -0.137. The molecule has 0 atom stereocenters. The van der Waals surface area contributed by atoms with E-state index in [1.54, 1.807) is 6.92 Å². The van der Waals surface area contributed by atoms with Gasteiger partial charge in [0.05, 0.1) is 10.6 Å². The molecule has 0 aromatic heterocycles. The summed E-state index contributed by atoms with van der Waals surface area (Å²) in [7, 11) is 0. The van der Waals surface area contributed by atoms with Crippen molar-refractivity contribution in [2.24, 2.45) is 0 Å².